The number of phenols is 1. The molecule has 0 saturated carbocycles. The van der Waals surface area contributed by atoms with Crippen LogP contribution in [-0.2, 0) is 0 Å². The lowest BCUT2D eigenvalue weighted by molar-refractivity contribution is 0.477. The van der Waals surface area contributed by atoms with Crippen LogP contribution in [0.1, 0.15) is 6.42 Å². The summed E-state index contributed by atoms with van der Waals surface area (Å²) in [6.45, 7) is 1.37. The Hall–Kier alpha value is -0.930. The minimum Gasteiger partial charge on any atom is -0.506 e. The second-order valence-electron chi connectivity index (χ2n) is 2.73. The summed E-state index contributed by atoms with van der Waals surface area (Å²) in [7, 11) is 0. The normalized spacial score (nSPS) is 10.0. The van der Waals surface area contributed by atoms with Crippen molar-refractivity contribution in [2.75, 3.05) is 18.4 Å². The van der Waals surface area contributed by atoms with Crippen LogP contribution in [0.3, 0.4) is 0 Å². The molecule has 0 aliphatic carbocycles. The second-order valence-corrected chi connectivity index (χ2v) is 3.17. The van der Waals surface area contributed by atoms with Gasteiger partial charge in [-0.05, 0) is 31.2 Å². The molecule has 3 nitrogen and oxygen atoms in total. The van der Waals surface area contributed by atoms with Crippen molar-refractivity contribution in [3.05, 3.63) is 23.2 Å². The van der Waals surface area contributed by atoms with Gasteiger partial charge in [-0.15, -0.1) is 0 Å². The standard InChI is InChI=1S/C9H13ClN2O/c10-7-2-3-9(13)8(6-7)12-5-1-4-11/h2-3,6,12-13H,1,4-5,11H2. The number of aromatic hydroxyl groups is 1. The number of hydrogen-bond acceptors (Lipinski definition) is 3. The predicted molar refractivity (Wildman–Crippen MR) is 55.3 cm³/mol. The average molecular weight is 201 g/mol. The molecule has 0 amide bonds. The molecule has 0 saturated heterocycles. The van der Waals surface area contributed by atoms with E-state index in [0.29, 0.717) is 17.3 Å². The number of rotatable bonds is 4. The predicted octanol–water partition coefficient (Wildman–Crippen LogP) is 1.81. The van der Waals surface area contributed by atoms with Gasteiger partial charge in [-0.3, -0.25) is 0 Å². The van der Waals surface area contributed by atoms with E-state index in [-0.39, 0.29) is 5.75 Å². The van der Waals surface area contributed by atoms with Crippen LogP contribution in [-0.4, -0.2) is 18.2 Å². The van der Waals surface area contributed by atoms with Crippen LogP contribution in [0.2, 0.25) is 5.02 Å². The Kier molecular flexibility index (Phi) is 3.86. The van der Waals surface area contributed by atoms with E-state index in [1.165, 1.54) is 0 Å². The molecule has 0 unspecified atom stereocenters. The molecule has 1 aromatic rings. The highest BCUT2D eigenvalue weighted by Gasteiger charge is 1.99. The van der Waals surface area contributed by atoms with Crippen LogP contribution in [0.4, 0.5) is 5.69 Å². The Bertz CT molecular complexity index is 278. The fourth-order valence-electron chi connectivity index (χ4n) is 0.975. The van der Waals surface area contributed by atoms with E-state index in [2.05, 4.69) is 5.32 Å². The number of anilines is 1. The average Bonchev–Trinajstić information content (AvgIpc) is 2.11. The molecule has 0 spiro atoms. The molecule has 4 heteroatoms. The Morgan fingerprint density at radius 3 is 2.92 bits per heavy atom. The van der Waals surface area contributed by atoms with E-state index in [1.54, 1.807) is 18.2 Å². The van der Waals surface area contributed by atoms with Crippen LogP contribution in [0.15, 0.2) is 18.2 Å². The summed E-state index contributed by atoms with van der Waals surface area (Å²) < 4.78 is 0. The first-order valence-electron chi connectivity index (χ1n) is 4.16. The van der Waals surface area contributed by atoms with Gasteiger partial charge in [-0.25, -0.2) is 0 Å². The first kappa shape index (κ1) is 10.2. The Morgan fingerprint density at radius 2 is 2.23 bits per heavy atom. The third kappa shape index (κ3) is 3.13. The molecule has 72 valence electrons. The van der Waals surface area contributed by atoms with Crippen molar-refractivity contribution in [2.24, 2.45) is 5.73 Å². The number of benzene rings is 1. The molecule has 1 rings (SSSR count). The Morgan fingerprint density at radius 1 is 1.46 bits per heavy atom. The van der Waals surface area contributed by atoms with Gasteiger partial charge in [0, 0.05) is 11.6 Å². The van der Waals surface area contributed by atoms with Crippen molar-refractivity contribution in [1.82, 2.24) is 0 Å². The van der Waals surface area contributed by atoms with Gasteiger partial charge in [0.05, 0.1) is 5.69 Å². The number of halogens is 1. The van der Waals surface area contributed by atoms with Crippen LogP contribution in [0.25, 0.3) is 0 Å². The molecule has 0 aliphatic rings. The van der Waals surface area contributed by atoms with E-state index < -0.39 is 0 Å². The van der Waals surface area contributed by atoms with Gasteiger partial charge in [0.25, 0.3) is 0 Å². The van der Waals surface area contributed by atoms with Gasteiger partial charge in [0.15, 0.2) is 0 Å². The zero-order chi connectivity index (χ0) is 9.68. The van der Waals surface area contributed by atoms with Crippen LogP contribution < -0.4 is 11.1 Å². The van der Waals surface area contributed by atoms with E-state index >= 15 is 0 Å². The summed E-state index contributed by atoms with van der Waals surface area (Å²) >= 11 is 5.75. The van der Waals surface area contributed by atoms with Gasteiger partial charge in [-0.2, -0.15) is 0 Å². The third-order valence-electron chi connectivity index (χ3n) is 1.65. The van der Waals surface area contributed by atoms with E-state index in [9.17, 15) is 5.11 Å². The Labute approximate surface area is 82.5 Å². The van der Waals surface area contributed by atoms with Gasteiger partial charge in [-0.1, -0.05) is 11.6 Å². The fourth-order valence-corrected chi connectivity index (χ4v) is 1.15. The Balaban J connectivity index is 2.59. The molecule has 0 atom stereocenters. The van der Waals surface area contributed by atoms with Crippen molar-refractivity contribution >= 4 is 17.3 Å². The molecule has 13 heavy (non-hydrogen) atoms. The highest BCUT2D eigenvalue weighted by molar-refractivity contribution is 6.30. The largest absolute Gasteiger partial charge is 0.506 e. The molecule has 0 bridgehead atoms. The first-order chi connectivity index (χ1) is 6.24. The molecular formula is C9H13ClN2O. The third-order valence-corrected chi connectivity index (χ3v) is 1.89. The molecule has 4 N–H and O–H groups in total. The van der Waals surface area contributed by atoms with Crippen molar-refractivity contribution < 1.29 is 5.11 Å². The first-order valence-corrected chi connectivity index (χ1v) is 4.54. The number of phenolic OH excluding ortho intramolecular Hbond substituents is 1. The molecule has 0 aromatic heterocycles. The van der Waals surface area contributed by atoms with E-state index in [0.717, 1.165) is 13.0 Å². The second kappa shape index (κ2) is 4.94. The number of hydrogen-bond donors (Lipinski definition) is 3. The smallest absolute Gasteiger partial charge is 0.138 e. The monoisotopic (exact) mass is 200 g/mol. The summed E-state index contributed by atoms with van der Waals surface area (Å²) in [6.07, 6.45) is 0.867. The van der Waals surface area contributed by atoms with Crippen molar-refractivity contribution in [1.29, 1.82) is 0 Å². The van der Waals surface area contributed by atoms with Crippen molar-refractivity contribution in [3.8, 4) is 5.75 Å². The van der Waals surface area contributed by atoms with Crippen LogP contribution in [0.5, 0.6) is 5.75 Å². The lowest BCUT2D eigenvalue weighted by atomic mass is 10.3. The lowest BCUT2D eigenvalue weighted by Gasteiger charge is -2.07. The molecule has 0 fully saturated rings. The van der Waals surface area contributed by atoms with E-state index in [4.69, 9.17) is 17.3 Å². The number of nitrogens with one attached hydrogen (secondary N) is 1. The molecular weight excluding hydrogens is 188 g/mol. The molecule has 1 aromatic carbocycles. The minimum absolute atomic E-state index is 0.210. The topological polar surface area (TPSA) is 58.3 Å². The summed E-state index contributed by atoms with van der Waals surface area (Å²) in [4.78, 5) is 0. The van der Waals surface area contributed by atoms with Gasteiger partial charge >= 0.3 is 0 Å². The van der Waals surface area contributed by atoms with Gasteiger partial charge in [0.2, 0.25) is 0 Å². The summed E-state index contributed by atoms with van der Waals surface area (Å²) in [5.41, 5.74) is 5.99. The molecule has 0 aliphatic heterocycles. The fraction of sp³-hybridized carbons (Fsp3) is 0.333. The van der Waals surface area contributed by atoms with Crippen LogP contribution in [0, 0.1) is 0 Å². The molecule has 0 radical (unpaired) electrons. The highest BCUT2D eigenvalue weighted by atomic mass is 35.5. The van der Waals surface area contributed by atoms with Crippen LogP contribution >= 0.6 is 11.6 Å². The molecule has 0 heterocycles. The van der Waals surface area contributed by atoms with E-state index in [1.807, 2.05) is 0 Å². The number of nitrogens with two attached hydrogens (primary N) is 1. The SMILES string of the molecule is NCCCNc1cc(Cl)ccc1O. The summed E-state index contributed by atoms with van der Waals surface area (Å²) in [5, 5.41) is 13.0. The van der Waals surface area contributed by atoms with Crippen molar-refractivity contribution in [3.63, 3.8) is 0 Å². The summed E-state index contributed by atoms with van der Waals surface area (Å²) in [5.74, 6) is 0.210. The maximum atomic E-state index is 9.38. The lowest BCUT2D eigenvalue weighted by Crippen LogP contribution is -2.08. The zero-order valence-corrected chi connectivity index (χ0v) is 8.01. The van der Waals surface area contributed by atoms with Gasteiger partial charge in [0.1, 0.15) is 5.75 Å². The zero-order valence-electron chi connectivity index (χ0n) is 7.26. The van der Waals surface area contributed by atoms with Crippen molar-refractivity contribution in [2.45, 2.75) is 6.42 Å². The quantitative estimate of drug-likeness (QED) is 0.513. The maximum Gasteiger partial charge on any atom is 0.138 e. The highest BCUT2D eigenvalue weighted by Crippen LogP contribution is 2.26. The minimum atomic E-state index is 0.210. The van der Waals surface area contributed by atoms with Gasteiger partial charge < -0.3 is 16.2 Å². The summed E-state index contributed by atoms with van der Waals surface area (Å²) in [6, 6.07) is 4.89. The maximum absolute atomic E-state index is 9.38.